The summed E-state index contributed by atoms with van der Waals surface area (Å²) in [7, 11) is 0. The van der Waals surface area contributed by atoms with Crippen LogP contribution < -0.4 is 0 Å². The van der Waals surface area contributed by atoms with Crippen LogP contribution >= 0.6 is 0 Å². The molecule has 2 rings (SSSR count). The SMILES string of the molecule is CCC1CCN(C(C)C(=O)c2ccc(C)c(C)c2)C1. The molecule has 2 atom stereocenters. The molecule has 2 nitrogen and oxygen atoms in total. The first-order chi connectivity index (χ1) is 9.02. The van der Waals surface area contributed by atoms with Gasteiger partial charge in [-0.25, -0.2) is 0 Å². The molecule has 0 aliphatic carbocycles. The number of hydrogen-bond donors (Lipinski definition) is 0. The van der Waals surface area contributed by atoms with Crippen LogP contribution in [0.2, 0.25) is 0 Å². The zero-order valence-electron chi connectivity index (χ0n) is 12.6. The minimum absolute atomic E-state index is 0.0126. The molecular formula is C17H25NO. The van der Waals surface area contributed by atoms with Crippen molar-refractivity contribution >= 4 is 5.78 Å². The number of aryl methyl sites for hydroxylation is 2. The Bertz CT molecular complexity index is 466. The number of rotatable bonds is 4. The highest BCUT2D eigenvalue weighted by Gasteiger charge is 2.29. The maximum atomic E-state index is 12.5. The Balaban J connectivity index is 2.08. The monoisotopic (exact) mass is 259 g/mol. The average molecular weight is 259 g/mol. The van der Waals surface area contributed by atoms with Gasteiger partial charge < -0.3 is 0 Å². The van der Waals surface area contributed by atoms with Crippen LogP contribution in [0.15, 0.2) is 18.2 Å². The van der Waals surface area contributed by atoms with Gasteiger partial charge in [0.05, 0.1) is 6.04 Å². The molecule has 0 aromatic heterocycles. The van der Waals surface area contributed by atoms with E-state index in [1.165, 1.54) is 24.0 Å². The normalized spacial score (nSPS) is 21.6. The highest BCUT2D eigenvalue weighted by molar-refractivity contribution is 6.00. The van der Waals surface area contributed by atoms with Crippen molar-refractivity contribution in [2.24, 2.45) is 5.92 Å². The number of likely N-dealkylation sites (tertiary alicyclic amines) is 1. The number of Topliss-reactive ketones (excluding diaryl/α,β-unsaturated/α-hetero) is 1. The highest BCUT2D eigenvalue weighted by atomic mass is 16.1. The fraction of sp³-hybridized carbons (Fsp3) is 0.588. The van der Waals surface area contributed by atoms with Gasteiger partial charge in [-0.2, -0.15) is 0 Å². The summed E-state index contributed by atoms with van der Waals surface area (Å²) >= 11 is 0. The first kappa shape index (κ1) is 14.3. The Kier molecular flexibility index (Phi) is 4.41. The average Bonchev–Trinajstić information content (AvgIpc) is 2.89. The van der Waals surface area contributed by atoms with Crippen LogP contribution in [0.1, 0.15) is 48.2 Å². The molecule has 1 heterocycles. The van der Waals surface area contributed by atoms with Crippen LogP contribution in [0.4, 0.5) is 0 Å². The van der Waals surface area contributed by atoms with E-state index >= 15 is 0 Å². The van der Waals surface area contributed by atoms with Gasteiger partial charge in [0.2, 0.25) is 0 Å². The summed E-state index contributed by atoms with van der Waals surface area (Å²) in [6.45, 7) is 10.6. The zero-order valence-corrected chi connectivity index (χ0v) is 12.6. The van der Waals surface area contributed by atoms with Crippen molar-refractivity contribution < 1.29 is 4.79 Å². The lowest BCUT2D eigenvalue weighted by Gasteiger charge is -2.23. The van der Waals surface area contributed by atoms with E-state index < -0.39 is 0 Å². The number of ketones is 1. The number of benzene rings is 1. The molecule has 104 valence electrons. The van der Waals surface area contributed by atoms with Gasteiger partial charge in [-0.1, -0.05) is 25.5 Å². The lowest BCUT2D eigenvalue weighted by Crippen LogP contribution is -2.37. The van der Waals surface area contributed by atoms with E-state index in [1.807, 2.05) is 18.2 Å². The Morgan fingerprint density at radius 2 is 2.11 bits per heavy atom. The predicted molar refractivity (Wildman–Crippen MR) is 79.7 cm³/mol. The lowest BCUT2D eigenvalue weighted by molar-refractivity contribution is 0.0862. The fourth-order valence-electron chi connectivity index (χ4n) is 2.85. The van der Waals surface area contributed by atoms with E-state index in [0.717, 1.165) is 24.6 Å². The second kappa shape index (κ2) is 5.87. The molecule has 2 unspecified atom stereocenters. The molecule has 0 saturated carbocycles. The molecule has 1 fully saturated rings. The van der Waals surface area contributed by atoms with Crippen LogP contribution in [0.25, 0.3) is 0 Å². The standard InChI is InChI=1S/C17H25NO/c1-5-15-8-9-18(11-15)14(4)17(19)16-7-6-12(2)13(3)10-16/h6-7,10,14-15H,5,8-9,11H2,1-4H3. The molecule has 1 aliphatic heterocycles. The van der Waals surface area contributed by atoms with E-state index in [-0.39, 0.29) is 11.8 Å². The molecule has 1 aromatic carbocycles. The second-order valence-electron chi connectivity index (χ2n) is 5.90. The number of carbonyl (C=O) groups is 1. The van der Waals surface area contributed by atoms with Gasteiger partial charge in [0.25, 0.3) is 0 Å². The Hall–Kier alpha value is -1.15. The van der Waals surface area contributed by atoms with Crippen molar-refractivity contribution in [3.63, 3.8) is 0 Å². The van der Waals surface area contributed by atoms with Gasteiger partial charge in [-0.15, -0.1) is 0 Å². The third-order valence-electron chi connectivity index (χ3n) is 4.61. The van der Waals surface area contributed by atoms with Crippen molar-refractivity contribution in [3.8, 4) is 0 Å². The maximum Gasteiger partial charge on any atom is 0.179 e. The molecule has 0 N–H and O–H groups in total. The van der Waals surface area contributed by atoms with E-state index in [4.69, 9.17) is 0 Å². The molecule has 1 aromatic rings. The molecule has 0 spiro atoms. The fourth-order valence-corrected chi connectivity index (χ4v) is 2.85. The Morgan fingerprint density at radius 1 is 1.37 bits per heavy atom. The van der Waals surface area contributed by atoms with Crippen LogP contribution in [0.5, 0.6) is 0 Å². The molecule has 2 heteroatoms. The second-order valence-corrected chi connectivity index (χ2v) is 5.90. The lowest BCUT2D eigenvalue weighted by atomic mass is 9.99. The molecule has 19 heavy (non-hydrogen) atoms. The number of carbonyl (C=O) groups excluding carboxylic acids is 1. The molecular weight excluding hydrogens is 234 g/mol. The van der Waals surface area contributed by atoms with E-state index in [1.54, 1.807) is 0 Å². The largest absolute Gasteiger partial charge is 0.293 e. The first-order valence-electron chi connectivity index (χ1n) is 7.38. The van der Waals surface area contributed by atoms with E-state index in [9.17, 15) is 4.79 Å². The van der Waals surface area contributed by atoms with Crippen LogP contribution in [0, 0.1) is 19.8 Å². The maximum absolute atomic E-state index is 12.5. The predicted octanol–water partition coefficient (Wildman–Crippen LogP) is 3.61. The summed E-state index contributed by atoms with van der Waals surface area (Å²) in [5.74, 6) is 1.04. The minimum Gasteiger partial charge on any atom is -0.293 e. The van der Waals surface area contributed by atoms with Gasteiger partial charge >= 0.3 is 0 Å². The van der Waals surface area contributed by atoms with Crippen molar-refractivity contribution in [2.75, 3.05) is 13.1 Å². The van der Waals surface area contributed by atoms with Crippen molar-refractivity contribution in [3.05, 3.63) is 34.9 Å². The summed E-state index contributed by atoms with van der Waals surface area (Å²) in [4.78, 5) is 14.9. The summed E-state index contributed by atoms with van der Waals surface area (Å²) in [5.41, 5.74) is 3.30. The molecule has 0 bridgehead atoms. The summed E-state index contributed by atoms with van der Waals surface area (Å²) in [5, 5.41) is 0. The van der Waals surface area contributed by atoms with Crippen molar-refractivity contribution in [1.29, 1.82) is 0 Å². The molecule has 1 aliphatic rings. The quantitative estimate of drug-likeness (QED) is 0.770. The topological polar surface area (TPSA) is 20.3 Å². The van der Waals surface area contributed by atoms with Gasteiger partial charge in [0.15, 0.2) is 5.78 Å². The van der Waals surface area contributed by atoms with Gasteiger partial charge in [-0.3, -0.25) is 9.69 Å². The van der Waals surface area contributed by atoms with Crippen molar-refractivity contribution in [2.45, 2.75) is 46.6 Å². The molecule has 0 amide bonds. The van der Waals surface area contributed by atoms with Gasteiger partial charge in [0.1, 0.15) is 0 Å². The smallest absolute Gasteiger partial charge is 0.179 e. The summed E-state index contributed by atoms with van der Waals surface area (Å²) in [6.07, 6.45) is 2.46. The van der Waals surface area contributed by atoms with Gasteiger partial charge in [-0.05, 0) is 56.8 Å². The highest BCUT2D eigenvalue weighted by Crippen LogP contribution is 2.23. The number of hydrogen-bond acceptors (Lipinski definition) is 2. The van der Waals surface area contributed by atoms with Crippen LogP contribution in [-0.4, -0.2) is 29.8 Å². The van der Waals surface area contributed by atoms with Crippen LogP contribution in [0.3, 0.4) is 0 Å². The van der Waals surface area contributed by atoms with E-state index in [0.29, 0.717) is 0 Å². The van der Waals surface area contributed by atoms with Crippen molar-refractivity contribution in [1.82, 2.24) is 4.90 Å². The van der Waals surface area contributed by atoms with Crippen LogP contribution in [-0.2, 0) is 0 Å². The minimum atomic E-state index is 0.0126. The van der Waals surface area contributed by atoms with Gasteiger partial charge in [0, 0.05) is 12.1 Å². The Labute approximate surface area is 116 Å². The number of nitrogens with zero attached hydrogens (tertiary/aromatic N) is 1. The van der Waals surface area contributed by atoms with E-state index in [2.05, 4.69) is 32.6 Å². The third-order valence-corrected chi connectivity index (χ3v) is 4.61. The third kappa shape index (κ3) is 3.06. The summed E-state index contributed by atoms with van der Waals surface area (Å²) in [6, 6.07) is 6.06. The Morgan fingerprint density at radius 3 is 2.68 bits per heavy atom. The first-order valence-corrected chi connectivity index (χ1v) is 7.38. The molecule has 1 saturated heterocycles. The summed E-state index contributed by atoms with van der Waals surface area (Å²) < 4.78 is 0. The zero-order chi connectivity index (χ0) is 14.0. The molecule has 0 radical (unpaired) electrons.